The largest absolute Gasteiger partial charge is 0.387 e. The molecule has 6 heteroatoms. The van der Waals surface area contributed by atoms with Gasteiger partial charge >= 0.3 is 0 Å². The van der Waals surface area contributed by atoms with E-state index in [0.717, 1.165) is 30.6 Å². The van der Waals surface area contributed by atoms with E-state index in [1.807, 2.05) is 36.4 Å². The molecule has 4 rings (SSSR count). The summed E-state index contributed by atoms with van der Waals surface area (Å²) in [5.41, 5.74) is 3.70. The number of nitrogens with zero attached hydrogens (tertiary/aromatic N) is 2. The maximum absolute atomic E-state index is 10.8. The number of piperidine rings is 1. The summed E-state index contributed by atoms with van der Waals surface area (Å²) in [5, 5.41) is 21.8. The maximum Gasteiger partial charge on any atom is 0.0991 e. The van der Waals surface area contributed by atoms with Gasteiger partial charge in [0.15, 0.2) is 0 Å². The molecule has 0 aliphatic carbocycles. The highest BCUT2D eigenvalue weighted by Gasteiger charge is 2.33. The Kier molecular flexibility index (Phi) is 7.40. The molecule has 0 aromatic heterocycles. The first-order valence-electron chi connectivity index (χ1n) is 10.6. The van der Waals surface area contributed by atoms with E-state index in [9.17, 15) is 5.11 Å². The van der Waals surface area contributed by atoms with Crippen molar-refractivity contribution in [2.24, 2.45) is 0 Å². The fourth-order valence-corrected chi connectivity index (χ4v) is 5.21. The minimum Gasteiger partial charge on any atom is -0.387 e. The molecule has 0 bridgehead atoms. The molecule has 1 N–H and O–H groups in total. The molecule has 32 heavy (non-hydrogen) atoms. The van der Waals surface area contributed by atoms with E-state index in [0.29, 0.717) is 27.2 Å². The van der Waals surface area contributed by atoms with Crippen molar-refractivity contribution in [3.63, 3.8) is 0 Å². The average Bonchev–Trinajstić information content (AvgIpc) is 2.80. The summed E-state index contributed by atoms with van der Waals surface area (Å²) in [7, 11) is 0. The highest BCUT2D eigenvalue weighted by molar-refractivity contribution is 6.35. The van der Waals surface area contributed by atoms with Gasteiger partial charge in [0.05, 0.1) is 17.7 Å². The highest BCUT2D eigenvalue weighted by atomic mass is 35.5. The molecule has 164 valence electrons. The summed E-state index contributed by atoms with van der Waals surface area (Å²) < 4.78 is 0. The second-order valence-electron chi connectivity index (χ2n) is 8.23. The molecule has 1 aliphatic rings. The third-order valence-electron chi connectivity index (χ3n) is 6.21. The van der Waals surface area contributed by atoms with Crippen molar-refractivity contribution in [3.8, 4) is 6.07 Å². The molecule has 3 aromatic rings. The molecule has 1 saturated heterocycles. The molecule has 0 saturated carbocycles. The smallest absolute Gasteiger partial charge is 0.0991 e. The van der Waals surface area contributed by atoms with Gasteiger partial charge in [0.2, 0.25) is 0 Å². The van der Waals surface area contributed by atoms with Crippen LogP contribution < -0.4 is 0 Å². The van der Waals surface area contributed by atoms with Gasteiger partial charge in [-0.05, 0) is 72.0 Å². The first-order chi connectivity index (χ1) is 15.4. The quantitative estimate of drug-likeness (QED) is 0.431. The van der Waals surface area contributed by atoms with Crippen LogP contribution in [0.3, 0.4) is 0 Å². The summed E-state index contributed by atoms with van der Waals surface area (Å²) in [5.74, 6) is 0.442. The molecule has 3 nitrogen and oxygen atoms in total. The maximum atomic E-state index is 10.8. The van der Waals surface area contributed by atoms with Crippen molar-refractivity contribution < 1.29 is 5.11 Å². The van der Waals surface area contributed by atoms with Crippen molar-refractivity contribution in [1.29, 1.82) is 5.26 Å². The molecular formula is C26H23Cl3N2O. The van der Waals surface area contributed by atoms with Crippen LogP contribution in [0.5, 0.6) is 0 Å². The number of rotatable bonds is 5. The fraction of sp³-hybridized carbons (Fsp3) is 0.269. The van der Waals surface area contributed by atoms with Crippen molar-refractivity contribution in [3.05, 3.63) is 104 Å². The van der Waals surface area contributed by atoms with E-state index in [-0.39, 0.29) is 11.8 Å². The van der Waals surface area contributed by atoms with Crippen molar-refractivity contribution in [2.75, 3.05) is 19.6 Å². The summed E-state index contributed by atoms with van der Waals surface area (Å²) in [6, 6.07) is 22.9. The predicted octanol–water partition coefficient (Wildman–Crippen LogP) is 6.83. The standard InChI is InChI=1S/C26H23Cl3N2O/c27-20-7-5-18(6-8-20)24-15-31(16-26(32)19-3-1-17(14-30)2-4-19)12-11-22(24)23-10-9-21(28)13-25(23)29/h1-10,13,22,24,26,32H,11-12,15-16H2/t22?,24-,26+/m0/s1. The zero-order valence-corrected chi connectivity index (χ0v) is 19.7. The van der Waals surface area contributed by atoms with Gasteiger partial charge in [0, 0.05) is 34.1 Å². The number of benzene rings is 3. The minimum absolute atomic E-state index is 0.202. The molecule has 1 aliphatic heterocycles. The molecular weight excluding hydrogens is 463 g/mol. The number of nitriles is 1. The third-order valence-corrected chi connectivity index (χ3v) is 7.03. The Hall–Kier alpha value is -2.06. The number of likely N-dealkylation sites (tertiary alicyclic amines) is 1. The van der Waals surface area contributed by atoms with Gasteiger partial charge in [-0.2, -0.15) is 5.26 Å². The Labute approximate surface area is 203 Å². The Morgan fingerprint density at radius 3 is 2.28 bits per heavy atom. The fourth-order valence-electron chi connectivity index (χ4n) is 4.54. The Morgan fingerprint density at radius 2 is 1.62 bits per heavy atom. The van der Waals surface area contributed by atoms with Crippen LogP contribution in [0.25, 0.3) is 0 Å². The number of aliphatic hydroxyl groups is 1. The average molecular weight is 486 g/mol. The lowest BCUT2D eigenvalue weighted by atomic mass is 9.76. The number of halogens is 3. The van der Waals surface area contributed by atoms with Crippen LogP contribution in [0.4, 0.5) is 0 Å². The number of hydrogen-bond acceptors (Lipinski definition) is 3. The van der Waals surface area contributed by atoms with Gasteiger partial charge in [0.25, 0.3) is 0 Å². The molecule has 0 amide bonds. The third kappa shape index (κ3) is 5.29. The lowest BCUT2D eigenvalue weighted by Crippen LogP contribution is -2.40. The summed E-state index contributed by atoms with van der Waals surface area (Å²) >= 11 is 18.8. The van der Waals surface area contributed by atoms with E-state index >= 15 is 0 Å². The summed E-state index contributed by atoms with van der Waals surface area (Å²) in [6.07, 6.45) is 0.290. The normalized spacial score (nSPS) is 20.0. The van der Waals surface area contributed by atoms with Gasteiger partial charge in [-0.3, -0.25) is 4.90 Å². The highest BCUT2D eigenvalue weighted by Crippen LogP contribution is 2.43. The lowest BCUT2D eigenvalue weighted by Gasteiger charge is -2.40. The van der Waals surface area contributed by atoms with E-state index in [1.54, 1.807) is 18.2 Å². The SMILES string of the molecule is N#Cc1ccc([C@H](O)CN2CCC(c3ccc(Cl)cc3Cl)[C@H](c3ccc(Cl)cc3)C2)cc1. The zero-order chi connectivity index (χ0) is 22.7. The number of aliphatic hydroxyl groups excluding tert-OH is 1. The Bertz CT molecular complexity index is 1110. The van der Waals surface area contributed by atoms with Crippen molar-refractivity contribution >= 4 is 34.8 Å². The van der Waals surface area contributed by atoms with Crippen LogP contribution in [0.2, 0.25) is 15.1 Å². The van der Waals surface area contributed by atoms with Crippen LogP contribution >= 0.6 is 34.8 Å². The van der Waals surface area contributed by atoms with E-state index in [2.05, 4.69) is 23.1 Å². The number of hydrogen-bond donors (Lipinski definition) is 1. The topological polar surface area (TPSA) is 47.3 Å². The van der Waals surface area contributed by atoms with Crippen LogP contribution in [0.15, 0.2) is 66.7 Å². The van der Waals surface area contributed by atoms with E-state index in [1.165, 1.54) is 5.56 Å². The molecule has 1 unspecified atom stereocenters. The molecule has 3 atom stereocenters. The molecule has 1 heterocycles. The predicted molar refractivity (Wildman–Crippen MR) is 131 cm³/mol. The monoisotopic (exact) mass is 484 g/mol. The first-order valence-corrected chi connectivity index (χ1v) is 11.7. The summed E-state index contributed by atoms with van der Waals surface area (Å²) in [4.78, 5) is 2.29. The van der Waals surface area contributed by atoms with Crippen LogP contribution in [0.1, 0.15) is 46.6 Å². The molecule has 0 radical (unpaired) electrons. The Balaban J connectivity index is 1.56. The van der Waals surface area contributed by atoms with E-state index < -0.39 is 6.10 Å². The number of β-amino-alcohol motifs (C(OH)–C–C–N with tert-alkyl or cyclic N) is 1. The lowest BCUT2D eigenvalue weighted by molar-refractivity contribution is 0.0900. The molecule has 0 spiro atoms. The molecule has 1 fully saturated rings. The van der Waals surface area contributed by atoms with Gasteiger partial charge in [-0.25, -0.2) is 0 Å². The summed E-state index contributed by atoms with van der Waals surface area (Å²) in [6.45, 7) is 2.16. The first kappa shape index (κ1) is 23.1. The van der Waals surface area contributed by atoms with Crippen LogP contribution in [-0.2, 0) is 0 Å². The Morgan fingerprint density at radius 1 is 0.938 bits per heavy atom. The van der Waals surface area contributed by atoms with Crippen LogP contribution in [0, 0.1) is 11.3 Å². The second-order valence-corrected chi connectivity index (χ2v) is 9.51. The van der Waals surface area contributed by atoms with Crippen molar-refractivity contribution in [1.82, 2.24) is 4.90 Å². The second kappa shape index (κ2) is 10.3. The van der Waals surface area contributed by atoms with Gasteiger partial charge < -0.3 is 5.11 Å². The zero-order valence-electron chi connectivity index (χ0n) is 17.4. The van der Waals surface area contributed by atoms with E-state index in [4.69, 9.17) is 40.1 Å². The van der Waals surface area contributed by atoms with Gasteiger partial charge in [-0.1, -0.05) is 65.1 Å². The minimum atomic E-state index is -0.621. The van der Waals surface area contributed by atoms with Gasteiger partial charge in [0.1, 0.15) is 0 Å². The van der Waals surface area contributed by atoms with Gasteiger partial charge in [-0.15, -0.1) is 0 Å². The van der Waals surface area contributed by atoms with Crippen molar-refractivity contribution in [2.45, 2.75) is 24.4 Å². The molecule has 3 aromatic carbocycles. The van der Waals surface area contributed by atoms with Crippen LogP contribution in [-0.4, -0.2) is 29.6 Å².